The van der Waals surface area contributed by atoms with E-state index in [9.17, 15) is 31.1 Å². The van der Waals surface area contributed by atoms with Crippen LogP contribution in [0.3, 0.4) is 0 Å². The maximum Gasteiger partial charge on any atom is 0.412 e. The predicted octanol–water partition coefficient (Wildman–Crippen LogP) is 4.03. The molecule has 1 aromatic heterocycles. The molecule has 0 unspecified atom stereocenters. The Labute approximate surface area is 152 Å². The molecule has 0 saturated heterocycles. The van der Waals surface area contributed by atoms with Gasteiger partial charge in [0.2, 0.25) is 0 Å². The fourth-order valence-electron chi connectivity index (χ4n) is 1.94. The molecule has 2 rings (SSSR count). The summed E-state index contributed by atoms with van der Waals surface area (Å²) in [5.41, 5.74) is 3.04. The van der Waals surface area contributed by atoms with Gasteiger partial charge in [-0.3, -0.25) is 0 Å². The van der Waals surface area contributed by atoms with Crippen LogP contribution in [0.25, 0.3) is 11.1 Å². The van der Waals surface area contributed by atoms with Crippen LogP contribution in [-0.2, 0) is 0 Å². The summed E-state index contributed by atoms with van der Waals surface area (Å²) in [6, 6.07) is -2.54. The Kier molecular flexibility index (Phi) is 5.68. The molecule has 0 fully saturated rings. The van der Waals surface area contributed by atoms with E-state index < -0.39 is 63.9 Å². The van der Waals surface area contributed by atoms with E-state index in [1.54, 1.807) is 0 Å². The number of carbonyl (C=O) groups excluding carboxylic acids is 1. The highest BCUT2D eigenvalue weighted by atomic mass is 35.5. The number of amides is 1. The first-order valence-corrected chi connectivity index (χ1v) is 7.31. The monoisotopic (exact) mass is 414 g/mol. The molecule has 13 heteroatoms. The van der Waals surface area contributed by atoms with Gasteiger partial charge >= 0.3 is 18.3 Å². The number of nitrogens with one attached hydrogen (secondary N) is 1. The van der Waals surface area contributed by atoms with Crippen molar-refractivity contribution in [2.45, 2.75) is 19.1 Å². The molecule has 0 saturated carbocycles. The molecule has 0 aliphatic rings. The number of hydrogen-bond donors (Lipinski definition) is 2. The van der Waals surface area contributed by atoms with E-state index >= 15 is 0 Å². The van der Waals surface area contributed by atoms with E-state index in [0.29, 0.717) is 19.1 Å². The zero-order chi connectivity index (χ0) is 20.5. The number of primary amides is 1. The van der Waals surface area contributed by atoms with Gasteiger partial charge in [0.1, 0.15) is 34.5 Å². The molecule has 0 aliphatic carbocycles. The van der Waals surface area contributed by atoms with Crippen LogP contribution in [0.15, 0.2) is 12.1 Å². The maximum atomic E-state index is 14.1. The average Bonchev–Trinajstić information content (AvgIpc) is 2.47. The van der Waals surface area contributed by atoms with Gasteiger partial charge in [0.15, 0.2) is 0 Å². The number of ether oxygens (including phenoxy) is 1. The summed E-state index contributed by atoms with van der Waals surface area (Å²) in [6.07, 6.45) is -6.19. The number of aromatic nitrogens is 2. The fraction of sp³-hybridized carbons (Fsp3) is 0.214. The highest BCUT2D eigenvalue weighted by Crippen LogP contribution is 2.38. The number of carbonyl (C=O) groups is 1. The van der Waals surface area contributed by atoms with Gasteiger partial charge in [-0.25, -0.2) is 18.0 Å². The number of nitrogens with two attached hydrogens (primary N) is 1. The van der Waals surface area contributed by atoms with Gasteiger partial charge in [-0.2, -0.15) is 23.1 Å². The first-order valence-electron chi connectivity index (χ1n) is 6.93. The summed E-state index contributed by atoms with van der Waals surface area (Å²) < 4.78 is 84.2. The Morgan fingerprint density at radius 3 is 2.22 bits per heavy atom. The smallest absolute Gasteiger partial charge is 0.374 e. The highest BCUT2D eigenvalue weighted by molar-refractivity contribution is 6.32. The van der Waals surface area contributed by atoms with E-state index in [-0.39, 0.29) is 0 Å². The van der Waals surface area contributed by atoms with Crippen LogP contribution in [0, 0.1) is 17.5 Å². The number of benzene rings is 1. The van der Waals surface area contributed by atoms with Crippen molar-refractivity contribution >= 4 is 23.5 Å². The summed E-state index contributed by atoms with van der Waals surface area (Å²) >= 11 is 5.80. The molecule has 0 bridgehead atoms. The Bertz CT molecular complexity index is 870. The number of hydrogen-bond acceptors (Lipinski definition) is 5. The van der Waals surface area contributed by atoms with Gasteiger partial charge in [-0.15, -0.1) is 0 Å². The Morgan fingerprint density at radius 2 is 1.74 bits per heavy atom. The molecule has 0 aliphatic heterocycles. The van der Waals surface area contributed by atoms with Crippen molar-refractivity contribution in [2.24, 2.45) is 5.73 Å². The van der Waals surface area contributed by atoms with E-state index in [1.807, 2.05) is 5.32 Å². The van der Waals surface area contributed by atoms with Gasteiger partial charge in [-0.05, 0) is 6.92 Å². The van der Waals surface area contributed by atoms with Gasteiger partial charge in [0.25, 0.3) is 0 Å². The normalized spacial score (nSPS) is 12.6. The molecule has 27 heavy (non-hydrogen) atoms. The zero-order valence-corrected chi connectivity index (χ0v) is 13.9. The lowest BCUT2D eigenvalue weighted by molar-refractivity contribution is -0.138. The summed E-state index contributed by atoms with van der Waals surface area (Å²) in [7, 11) is 0. The number of halogens is 7. The van der Waals surface area contributed by atoms with Crippen LogP contribution in [0.4, 0.5) is 37.0 Å². The van der Waals surface area contributed by atoms with Crippen molar-refractivity contribution in [1.29, 1.82) is 0 Å². The molecule has 6 nitrogen and oxygen atoms in total. The van der Waals surface area contributed by atoms with E-state index in [4.69, 9.17) is 17.3 Å². The zero-order valence-electron chi connectivity index (χ0n) is 13.2. The van der Waals surface area contributed by atoms with Crippen LogP contribution < -0.4 is 15.8 Å². The standard InChI is InChI=1S/C14H9ClF6N4O2/c1-4(14(19,20)21)23-11-9(8-6(17)2-5(16)3-7(8)18)10(15)24-13(25-11)27-12(22)26/h2-4H,1H3,(H2,22,26)(H,23,24,25)/t4-/m0/s1. The van der Waals surface area contributed by atoms with Gasteiger partial charge in [-0.1, -0.05) is 11.6 Å². The minimum Gasteiger partial charge on any atom is -0.374 e. The van der Waals surface area contributed by atoms with Crippen molar-refractivity contribution in [3.8, 4) is 17.1 Å². The van der Waals surface area contributed by atoms with Crippen molar-refractivity contribution in [3.63, 3.8) is 0 Å². The Hall–Kier alpha value is -2.76. The van der Waals surface area contributed by atoms with Crippen LogP contribution in [0.5, 0.6) is 6.01 Å². The first kappa shape index (κ1) is 20.6. The molecule has 1 atom stereocenters. The number of nitrogens with zero attached hydrogens (tertiary/aromatic N) is 2. The molecule has 1 heterocycles. The van der Waals surface area contributed by atoms with Crippen molar-refractivity contribution in [2.75, 3.05) is 5.32 Å². The van der Waals surface area contributed by atoms with Crippen LogP contribution in [0.1, 0.15) is 6.92 Å². The van der Waals surface area contributed by atoms with Gasteiger partial charge < -0.3 is 15.8 Å². The third-order valence-electron chi connectivity index (χ3n) is 3.14. The summed E-state index contributed by atoms with van der Waals surface area (Å²) in [5.74, 6) is -5.02. The van der Waals surface area contributed by atoms with Gasteiger partial charge in [0.05, 0.1) is 11.1 Å². The lowest BCUT2D eigenvalue weighted by Crippen LogP contribution is -2.33. The first-order chi connectivity index (χ1) is 12.4. The lowest BCUT2D eigenvalue weighted by Gasteiger charge is -2.20. The van der Waals surface area contributed by atoms with Crippen LogP contribution in [0.2, 0.25) is 5.15 Å². The lowest BCUT2D eigenvalue weighted by atomic mass is 10.1. The quantitative estimate of drug-likeness (QED) is 0.582. The highest BCUT2D eigenvalue weighted by Gasteiger charge is 2.37. The SMILES string of the molecule is C[C@H](Nc1nc(OC(N)=O)nc(Cl)c1-c1c(F)cc(F)cc1F)C(F)(F)F. The molecule has 0 spiro atoms. The molecular formula is C14H9ClF6N4O2. The summed E-state index contributed by atoms with van der Waals surface area (Å²) in [5, 5.41) is 1.08. The second-order valence-corrected chi connectivity index (χ2v) is 5.45. The molecular weight excluding hydrogens is 406 g/mol. The minimum atomic E-state index is -4.78. The molecule has 0 radical (unpaired) electrons. The molecule has 1 amide bonds. The number of rotatable bonds is 4. The summed E-state index contributed by atoms with van der Waals surface area (Å²) in [6.45, 7) is 0.686. The van der Waals surface area contributed by atoms with E-state index in [1.165, 1.54) is 0 Å². The largest absolute Gasteiger partial charge is 0.412 e. The van der Waals surface area contributed by atoms with Crippen LogP contribution >= 0.6 is 11.6 Å². The van der Waals surface area contributed by atoms with Gasteiger partial charge in [0, 0.05) is 12.1 Å². The number of alkyl halides is 3. The van der Waals surface area contributed by atoms with Crippen molar-refractivity contribution in [1.82, 2.24) is 9.97 Å². The minimum absolute atomic E-state index is 0.291. The summed E-state index contributed by atoms with van der Waals surface area (Å²) in [4.78, 5) is 17.6. The Morgan fingerprint density at radius 1 is 1.19 bits per heavy atom. The average molecular weight is 415 g/mol. The molecule has 2 aromatic rings. The van der Waals surface area contributed by atoms with Crippen LogP contribution in [-0.4, -0.2) is 28.3 Å². The molecule has 1 aromatic carbocycles. The predicted molar refractivity (Wildman–Crippen MR) is 81.7 cm³/mol. The second-order valence-electron chi connectivity index (χ2n) is 5.09. The maximum absolute atomic E-state index is 14.1. The third-order valence-corrected chi connectivity index (χ3v) is 3.41. The van der Waals surface area contributed by atoms with Crippen molar-refractivity contribution < 1.29 is 35.9 Å². The number of anilines is 1. The third kappa shape index (κ3) is 4.70. The van der Waals surface area contributed by atoms with Crippen molar-refractivity contribution in [3.05, 3.63) is 34.7 Å². The Balaban J connectivity index is 2.70. The van der Waals surface area contributed by atoms with E-state index in [2.05, 4.69) is 14.7 Å². The van der Waals surface area contributed by atoms with E-state index in [0.717, 1.165) is 0 Å². The molecule has 146 valence electrons. The fourth-order valence-corrected chi connectivity index (χ4v) is 2.20. The molecule has 3 N–H and O–H groups in total. The topological polar surface area (TPSA) is 90.1 Å². The second kappa shape index (κ2) is 7.47.